The van der Waals surface area contributed by atoms with Gasteiger partial charge in [0.2, 0.25) is 0 Å². The van der Waals surface area contributed by atoms with Crippen LogP contribution in [0, 0.1) is 0 Å². The van der Waals surface area contributed by atoms with Crippen molar-refractivity contribution in [2.24, 2.45) is 0 Å². The standard InChI is InChI=1S/C23H21NO5/c1-27-23(26)9-4-16-2-5-17(6-3-16)18-7-8-19-20(25)15-22(29-21(19)14-18)24-10-12-28-13-11-24/h2-9,14-15H,10-13H2,1H3/b9-4+. The molecule has 0 spiro atoms. The zero-order valence-corrected chi connectivity index (χ0v) is 16.1. The van der Waals surface area contributed by atoms with E-state index in [1.807, 2.05) is 41.3 Å². The van der Waals surface area contributed by atoms with Crippen LogP contribution < -0.4 is 10.3 Å². The van der Waals surface area contributed by atoms with Gasteiger partial charge in [0.1, 0.15) is 5.58 Å². The summed E-state index contributed by atoms with van der Waals surface area (Å²) in [6, 6.07) is 14.9. The highest BCUT2D eigenvalue weighted by Gasteiger charge is 2.15. The molecule has 0 aliphatic carbocycles. The monoisotopic (exact) mass is 391 g/mol. The highest BCUT2D eigenvalue weighted by molar-refractivity contribution is 5.87. The maximum absolute atomic E-state index is 12.5. The first-order valence-electron chi connectivity index (χ1n) is 9.41. The lowest BCUT2D eigenvalue weighted by Crippen LogP contribution is -2.36. The van der Waals surface area contributed by atoms with Crippen LogP contribution in [0.1, 0.15) is 5.56 Å². The van der Waals surface area contributed by atoms with Crippen LogP contribution in [0.4, 0.5) is 5.88 Å². The average molecular weight is 391 g/mol. The number of fused-ring (bicyclic) bond motifs is 1. The minimum Gasteiger partial charge on any atom is -0.466 e. The van der Waals surface area contributed by atoms with E-state index in [2.05, 4.69) is 4.74 Å². The fourth-order valence-electron chi connectivity index (χ4n) is 3.28. The molecule has 1 aliphatic rings. The molecule has 0 saturated carbocycles. The first kappa shape index (κ1) is 19.0. The van der Waals surface area contributed by atoms with Gasteiger partial charge in [0, 0.05) is 25.2 Å². The summed E-state index contributed by atoms with van der Waals surface area (Å²) < 4.78 is 16.0. The van der Waals surface area contributed by atoms with E-state index >= 15 is 0 Å². The molecule has 0 bridgehead atoms. The molecule has 6 heteroatoms. The molecule has 0 amide bonds. The Kier molecular flexibility index (Phi) is 5.44. The lowest BCUT2D eigenvalue weighted by atomic mass is 10.0. The van der Waals surface area contributed by atoms with Gasteiger partial charge in [-0.15, -0.1) is 0 Å². The third-order valence-corrected chi connectivity index (χ3v) is 4.90. The van der Waals surface area contributed by atoms with Gasteiger partial charge < -0.3 is 18.8 Å². The quantitative estimate of drug-likeness (QED) is 0.501. The Hall–Kier alpha value is -3.38. The number of anilines is 1. The van der Waals surface area contributed by atoms with Crippen LogP contribution in [0.25, 0.3) is 28.2 Å². The molecular formula is C23H21NO5. The summed E-state index contributed by atoms with van der Waals surface area (Å²) >= 11 is 0. The largest absolute Gasteiger partial charge is 0.466 e. The van der Waals surface area contributed by atoms with Crippen molar-refractivity contribution >= 4 is 28.9 Å². The Balaban J connectivity index is 1.65. The zero-order valence-electron chi connectivity index (χ0n) is 16.1. The van der Waals surface area contributed by atoms with Crippen molar-refractivity contribution in [2.75, 3.05) is 38.3 Å². The minimum absolute atomic E-state index is 0.0532. The van der Waals surface area contributed by atoms with Crippen LogP contribution in [-0.4, -0.2) is 39.4 Å². The Labute approximate surface area is 168 Å². The van der Waals surface area contributed by atoms with Crippen LogP contribution >= 0.6 is 0 Å². The summed E-state index contributed by atoms with van der Waals surface area (Å²) in [5.41, 5.74) is 3.33. The van der Waals surface area contributed by atoms with Crippen molar-refractivity contribution in [2.45, 2.75) is 0 Å². The van der Waals surface area contributed by atoms with Crippen LogP contribution in [0.5, 0.6) is 0 Å². The van der Waals surface area contributed by atoms with Crippen LogP contribution in [-0.2, 0) is 14.3 Å². The summed E-state index contributed by atoms with van der Waals surface area (Å²) in [6.45, 7) is 2.65. The molecule has 1 aliphatic heterocycles. The highest BCUT2D eigenvalue weighted by atomic mass is 16.5. The summed E-state index contributed by atoms with van der Waals surface area (Å²) in [4.78, 5) is 25.8. The van der Waals surface area contributed by atoms with Gasteiger partial charge in [-0.1, -0.05) is 30.3 Å². The molecular weight excluding hydrogens is 370 g/mol. The van der Waals surface area contributed by atoms with Gasteiger partial charge in [-0.3, -0.25) is 4.79 Å². The summed E-state index contributed by atoms with van der Waals surface area (Å²) in [6.07, 6.45) is 3.08. The van der Waals surface area contributed by atoms with Crippen LogP contribution in [0.15, 0.2) is 63.8 Å². The van der Waals surface area contributed by atoms with E-state index in [1.165, 1.54) is 13.2 Å². The predicted octanol–water partition coefficient (Wildman–Crippen LogP) is 3.48. The molecule has 4 rings (SSSR count). The highest BCUT2D eigenvalue weighted by Crippen LogP contribution is 2.26. The fraction of sp³-hybridized carbons (Fsp3) is 0.217. The second-order valence-corrected chi connectivity index (χ2v) is 6.74. The van der Waals surface area contributed by atoms with E-state index in [-0.39, 0.29) is 5.43 Å². The molecule has 0 atom stereocenters. The number of hydrogen-bond donors (Lipinski definition) is 0. The maximum atomic E-state index is 12.5. The number of esters is 1. The first-order valence-corrected chi connectivity index (χ1v) is 9.41. The molecule has 29 heavy (non-hydrogen) atoms. The van der Waals surface area contributed by atoms with Gasteiger partial charge in [-0.05, 0) is 34.9 Å². The van der Waals surface area contributed by atoms with Gasteiger partial charge in [0.15, 0.2) is 11.3 Å². The zero-order chi connectivity index (χ0) is 20.2. The number of carbonyl (C=O) groups excluding carboxylic acids is 1. The molecule has 6 nitrogen and oxygen atoms in total. The van der Waals surface area contributed by atoms with E-state index in [4.69, 9.17) is 9.15 Å². The van der Waals surface area contributed by atoms with Crippen LogP contribution in [0.2, 0.25) is 0 Å². The Morgan fingerprint density at radius 1 is 1.03 bits per heavy atom. The van der Waals surface area contributed by atoms with Gasteiger partial charge in [-0.25, -0.2) is 4.79 Å². The van der Waals surface area contributed by atoms with Gasteiger partial charge in [0.05, 0.1) is 25.7 Å². The SMILES string of the molecule is COC(=O)/C=C/c1ccc(-c2ccc3c(=O)cc(N4CCOCC4)oc3c2)cc1. The topological polar surface area (TPSA) is 69.0 Å². The van der Waals surface area contributed by atoms with Crippen molar-refractivity contribution in [3.05, 3.63) is 70.4 Å². The van der Waals surface area contributed by atoms with Crippen molar-refractivity contribution in [1.82, 2.24) is 0 Å². The van der Waals surface area contributed by atoms with E-state index in [0.717, 1.165) is 16.7 Å². The molecule has 3 aromatic rings. The third kappa shape index (κ3) is 4.22. The minimum atomic E-state index is -0.394. The molecule has 1 fully saturated rings. The summed E-state index contributed by atoms with van der Waals surface area (Å²) in [5.74, 6) is 0.181. The molecule has 0 unspecified atom stereocenters. The molecule has 2 heterocycles. The van der Waals surface area contributed by atoms with E-state index in [1.54, 1.807) is 18.2 Å². The molecule has 2 aromatic carbocycles. The first-order chi connectivity index (χ1) is 14.1. The Morgan fingerprint density at radius 3 is 2.48 bits per heavy atom. The lowest BCUT2D eigenvalue weighted by molar-refractivity contribution is -0.134. The van der Waals surface area contributed by atoms with E-state index < -0.39 is 5.97 Å². The van der Waals surface area contributed by atoms with E-state index in [9.17, 15) is 9.59 Å². The number of hydrogen-bond acceptors (Lipinski definition) is 6. The number of methoxy groups -OCH3 is 1. The number of rotatable bonds is 4. The number of nitrogens with zero attached hydrogens (tertiary/aromatic N) is 1. The van der Waals surface area contributed by atoms with Crippen molar-refractivity contribution in [3.63, 3.8) is 0 Å². The summed E-state index contributed by atoms with van der Waals surface area (Å²) in [7, 11) is 1.35. The molecule has 0 N–H and O–H groups in total. The Morgan fingerprint density at radius 2 is 1.76 bits per heavy atom. The van der Waals surface area contributed by atoms with Crippen molar-refractivity contribution in [1.29, 1.82) is 0 Å². The number of ether oxygens (including phenoxy) is 2. The normalized spacial score (nSPS) is 14.4. The van der Waals surface area contributed by atoms with Crippen molar-refractivity contribution in [3.8, 4) is 11.1 Å². The fourth-order valence-corrected chi connectivity index (χ4v) is 3.28. The maximum Gasteiger partial charge on any atom is 0.330 e. The van der Waals surface area contributed by atoms with Crippen LogP contribution in [0.3, 0.4) is 0 Å². The van der Waals surface area contributed by atoms with Gasteiger partial charge in [0.25, 0.3) is 0 Å². The lowest BCUT2D eigenvalue weighted by Gasteiger charge is -2.27. The predicted molar refractivity (Wildman–Crippen MR) is 112 cm³/mol. The third-order valence-electron chi connectivity index (χ3n) is 4.90. The number of carbonyl (C=O) groups is 1. The number of morpholine rings is 1. The van der Waals surface area contributed by atoms with Crippen molar-refractivity contribution < 1.29 is 18.7 Å². The Bertz CT molecular complexity index is 1110. The molecule has 1 aromatic heterocycles. The smallest absolute Gasteiger partial charge is 0.330 e. The second-order valence-electron chi connectivity index (χ2n) is 6.74. The van der Waals surface area contributed by atoms with Gasteiger partial charge >= 0.3 is 5.97 Å². The molecule has 148 valence electrons. The second kappa shape index (κ2) is 8.32. The molecule has 1 saturated heterocycles. The molecule has 0 radical (unpaired) electrons. The average Bonchev–Trinajstić information content (AvgIpc) is 2.78. The van der Waals surface area contributed by atoms with Gasteiger partial charge in [-0.2, -0.15) is 0 Å². The number of benzene rings is 2. The summed E-state index contributed by atoms with van der Waals surface area (Å²) in [5, 5.41) is 0.559. The van der Waals surface area contributed by atoms with E-state index in [0.29, 0.717) is 43.2 Å².